The van der Waals surface area contributed by atoms with Gasteiger partial charge in [-0.05, 0) is 55.6 Å². The number of carboxylic acids is 1. The van der Waals surface area contributed by atoms with Crippen LogP contribution in [0, 0.1) is 0 Å². The van der Waals surface area contributed by atoms with Crippen molar-refractivity contribution < 1.29 is 14.6 Å². The van der Waals surface area contributed by atoms with Crippen LogP contribution in [0.4, 0.5) is 0 Å². The molecule has 2 unspecified atom stereocenters. The van der Waals surface area contributed by atoms with Gasteiger partial charge < -0.3 is 9.84 Å². The van der Waals surface area contributed by atoms with E-state index in [2.05, 4.69) is 33.0 Å². The van der Waals surface area contributed by atoms with Gasteiger partial charge in [-0.2, -0.15) is 0 Å². The van der Waals surface area contributed by atoms with Crippen molar-refractivity contribution in [2.45, 2.75) is 38.3 Å². The van der Waals surface area contributed by atoms with E-state index >= 15 is 0 Å². The lowest BCUT2D eigenvalue weighted by Gasteiger charge is -2.40. The summed E-state index contributed by atoms with van der Waals surface area (Å²) in [6.07, 6.45) is 2.65. The Balaban J connectivity index is 2.09. The molecule has 3 rings (SSSR count). The van der Waals surface area contributed by atoms with Gasteiger partial charge in [0, 0.05) is 4.47 Å². The second kappa shape index (κ2) is 8.69. The van der Waals surface area contributed by atoms with Crippen LogP contribution in [0.5, 0.6) is 5.75 Å². The van der Waals surface area contributed by atoms with Crippen LogP contribution in [-0.2, 0) is 4.79 Å². The highest BCUT2D eigenvalue weighted by atomic mass is 79.9. The number of halogens is 1. The number of benzene rings is 2. The van der Waals surface area contributed by atoms with Crippen LogP contribution in [-0.4, -0.2) is 35.2 Å². The van der Waals surface area contributed by atoms with Crippen LogP contribution in [0.3, 0.4) is 0 Å². The van der Waals surface area contributed by atoms with E-state index in [9.17, 15) is 9.90 Å². The molecule has 0 bridgehead atoms. The summed E-state index contributed by atoms with van der Waals surface area (Å²) in [6.45, 7) is 3.33. The zero-order valence-electron chi connectivity index (χ0n) is 14.9. The molecule has 0 saturated carbocycles. The number of carbonyl (C=O) groups is 1. The van der Waals surface area contributed by atoms with Crippen LogP contribution in [0.15, 0.2) is 53.0 Å². The van der Waals surface area contributed by atoms with E-state index in [1.54, 1.807) is 0 Å². The summed E-state index contributed by atoms with van der Waals surface area (Å²) in [4.78, 5) is 14.0. The molecular formula is C21H24BrNO3. The summed E-state index contributed by atoms with van der Waals surface area (Å²) in [7, 11) is 0. The maximum absolute atomic E-state index is 11.9. The highest BCUT2D eigenvalue weighted by Crippen LogP contribution is 2.38. The molecule has 2 aromatic carbocycles. The first-order valence-electron chi connectivity index (χ1n) is 9.07. The van der Waals surface area contributed by atoms with E-state index in [-0.39, 0.29) is 6.04 Å². The Morgan fingerprint density at radius 3 is 2.81 bits per heavy atom. The lowest BCUT2D eigenvalue weighted by Crippen LogP contribution is -2.46. The number of likely N-dealkylation sites (tertiary alicyclic amines) is 1. The zero-order chi connectivity index (χ0) is 18.5. The molecule has 0 amide bonds. The first-order valence-corrected chi connectivity index (χ1v) is 9.87. The molecule has 0 radical (unpaired) electrons. The van der Waals surface area contributed by atoms with Gasteiger partial charge in [-0.1, -0.05) is 52.7 Å². The highest BCUT2D eigenvalue weighted by Gasteiger charge is 2.35. The second-order valence-corrected chi connectivity index (χ2v) is 7.37. The number of ether oxygens (including phenoxy) is 1. The van der Waals surface area contributed by atoms with E-state index in [1.807, 2.05) is 43.3 Å². The Morgan fingerprint density at radius 2 is 2.08 bits per heavy atom. The number of hydrogen-bond donors (Lipinski definition) is 1. The van der Waals surface area contributed by atoms with Gasteiger partial charge in [0.1, 0.15) is 11.8 Å². The molecule has 0 spiro atoms. The van der Waals surface area contributed by atoms with Gasteiger partial charge in [-0.3, -0.25) is 9.69 Å². The average molecular weight is 418 g/mol. The van der Waals surface area contributed by atoms with Crippen LogP contribution >= 0.6 is 15.9 Å². The molecule has 26 heavy (non-hydrogen) atoms. The number of nitrogens with zero attached hydrogens (tertiary/aromatic N) is 1. The predicted molar refractivity (Wildman–Crippen MR) is 106 cm³/mol. The Morgan fingerprint density at radius 1 is 1.27 bits per heavy atom. The van der Waals surface area contributed by atoms with Crippen LogP contribution in [0.1, 0.15) is 43.4 Å². The number of aliphatic carboxylic acids is 1. The highest BCUT2D eigenvalue weighted by molar-refractivity contribution is 9.10. The lowest BCUT2D eigenvalue weighted by atomic mass is 9.91. The molecule has 1 N–H and O–H groups in total. The minimum Gasteiger partial charge on any atom is -0.494 e. The van der Waals surface area contributed by atoms with Gasteiger partial charge >= 0.3 is 5.97 Å². The van der Waals surface area contributed by atoms with Gasteiger partial charge in [0.05, 0.1) is 12.6 Å². The van der Waals surface area contributed by atoms with Crippen molar-refractivity contribution in [3.8, 4) is 5.75 Å². The zero-order valence-corrected chi connectivity index (χ0v) is 16.5. The summed E-state index contributed by atoms with van der Waals surface area (Å²) >= 11 is 3.66. The van der Waals surface area contributed by atoms with E-state index in [1.165, 1.54) is 0 Å². The minimum absolute atomic E-state index is 0.132. The third-order valence-electron chi connectivity index (χ3n) is 4.85. The molecule has 1 aliphatic rings. The molecule has 2 atom stereocenters. The Hall–Kier alpha value is -1.85. The van der Waals surface area contributed by atoms with Gasteiger partial charge in [-0.25, -0.2) is 0 Å². The largest absolute Gasteiger partial charge is 0.494 e. The van der Waals surface area contributed by atoms with Crippen LogP contribution < -0.4 is 4.74 Å². The predicted octanol–water partition coefficient (Wildman–Crippen LogP) is 4.88. The van der Waals surface area contributed by atoms with E-state index in [4.69, 9.17) is 4.74 Å². The maximum Gasteiger partial charge on any atom is 0.320 e. The summed E-state index contributed by atoms with van der Waals surface area (Å²) in [5.74, 6) is 0.0636. The SMILES string of the molecule is CCOc1cccc(C(c2ccccc2Br)N2CCCCC2C(=O)O)c1. The normalized spacial score (nSPS) is 19.1. The Bertz CT molecular complexity index is 764. The van der Waals surface area contributed by atoms with Gasteiger partial charge in [-0.15, -0.1) is 0 Å². The minimum atomic E-state index is -0.747. The fraction of sp³-hybridized carbons (Fsp3) is 0.381. The topological polar surface area (TPSA) is 49.8 Å². The fourth-order valence-electron chi connectivity index (χ4n) is 3.72. The quantitative estimate of drug-likeness (QED) is 0.727. The number of hydrogen-bond acceptors (Lipinski definition) is 3. The third-order valence-corrected chi connectivity index (χ3v) is 5.57. The monoisotopic (exact) mass is 417 g/mol. The molecule has 0 aliphatic carbocycles. The van der Waals surface area contributed by atoms with Crippen molar-refractivity contribution >= 4 is 21.9 Å². The van der Waals surface area contributed by atoms with E-state index in [0.29, 0.717) is 13.0 Å². The fourth-order valence-corrected chi connectivity index (χ4v) is 4.22. The number of carboxylic acid groups (broad SMARTS) is 1. The van der Waals surface area contributed by atoms with Crippen LogP contribution in [0.2, 0.25) is 0 Å². The number of piperidine rings is 1. The van der Waals surface area contributed by atoms with Gasteiger partial charge in [0.2, 0.25) is 0 Å². The average Bonchev–Trinajstić information content (AvgIpc) is 2.64. The van der Waals surface area contributed by atoms with Gasteiger partial charge in [0.25, 0.3) is 0 Å². The first-order chi connectivity index (χ1) is 12.6. The van der Waals surface area contributed by atoms with Gasteiger partial charge in [0.15, 0.2) is 0 Å². The van der Waals surface area contributed by atoms with Crippen molar-refractivity contribution in [2.24, 2.45) is 0 Å². The van der Waals surface area contributed by atoms with Crippen LogP contribution in [0.25, 0.3) is 0 Å². The molecule has 138 valence electrons. The lowest BCUT2D eigenvalue weighted by molar-refractivity contribution is -0.145. The smallest absolute Gasteiger partial charge is 0.320 e. The summed E-state index contributed by atoms with van der Waals surface area (Å²) in [5.41, 5.74) is 2.13. The van der Waals surface area contributed by atoms with Crippen molar-refractivity contribution in [3.63, 3.8) is 0 Å². The Labute approximate surface area is 162 Å². The molecule has 0 aromatic heterocycles. The molecular weight excluding hydrogens is 394 g/mol. The molecule has 1 aliphatic heterocycles. The van der Waals surface area contributed by atoms with Crippen molar-refractivity contribution in [1.29, 1.82) is 0 Å². The molecule has 1 saturated heterocycles. The summed E-state index contributed by atoms with van der Waals surface area (Å²) in [6, 6.07) is 15.4. The Kier molecular flexibility index (Phi) is 6.33. The molecule has 1 fully saturated rings. The second-order valence-electron chi connectivity index (χ2n) is 6.52. The molecule has 4 nitrogen and oxygen atoms in total. The third kappa shape index (κ3) is 4.10. The van der Waals surface area contributed by atoms with Crippen molar-refractivity contribution in [1.82, 2.24) is 4.90 Å². The molecule has 5 heteroatoms. The molecule has 2 aromatic rings. The summed E-state index contributed by atoms with van der Waals surface area (Å²) in [5, 5.41) is 9.78. The van der Waals surface area contributed by atoms with Crippen molar-refractivity contribution in [2.75, 3.05) is 13.2 Å². The van der Waals surface area contributed by atoms with Crippen molar-refractivity contribution in [3.05, 3.63) is 64.1 Å². The maximum atomic E-state index is 11.9. The first kappa shape index (κ1) is 18.9. The number of rotatable bonds is 6. The van der Waals surface area contributed by atoms with E-state index in [0.717, 1.165) is 40.7 Å². The van der Waals surface area contributed by atoms with E-state index < -0.39 is 12.0 Å². The summed E-state index contributed by atoms with van der Waals surface area (Å²) < 4.78 is 6.67. The standard InChI is InChI=1S/C21H24BrNO3/c1-2-26-16-9-7-8-15(14-16)20(17-10-3-4-11-18(17)22)23-13-6-5-12-19(23)21(24)25/h3-4,7-11,14,19-20H,2,5-6,12-13H2,1H3,(H,24,25). The molecule has 1 heterocycles.